The fourth-order valence-corrected chi connectivity index (χ4v) is 4.39. The van der Waals surface area contributed by atoms with Crippen LogP contribution >= 0.6 is 35.6 Å². The van der Waals surface area contributed by atoms with Gasteiger partial charge in [-0.25, -0.2) is 0 Å². The molecule has 3 aromatic carbocycles. The van der Waals surface area contributed by atoms with Gasteiger partial charge in [0, 0.05) is 10.6 Å². The molecule has 0 spiro atoms. The van der Waals surface area contributed by atoms with Crippen molar-refractivity contribution in [3.8, 4) is 5.75 Å². The van der Waals surface area contributed by atoms with Gasteiger partial charge in [-0.3, -0.25) is 9.69 Å². The van der Waals surface area contributed by atoms with Crippen LogP contribution in [-0.2, 0) is 17.9 Å². The van der Waals surface area contributed by atoms with Gasteiger partial charge in [0.15, 0.2) is 0 Å². The minimum absolute atomic E-state index is 0.0821. The second kappa shape index (κ2) is 9.47. The summed E-state index contributed by atoms with van der Waals surface area (Å²) in [5.41, 5.74) is 2.90. The maximum Gasteiger partial charge on any atom is 0.266 e. The molecule has 0 saturated carbocycles. The fourth-order valence-electron chi connectivity index (χ4n) is 3.02. The zero-order chi connectivity index (χ0) is 20.9. The van der Waals surface area contributed by atoms with Crippen LogP contribution in [-0.4, -0.2) is 15.1 Å². The van der Waals surface area contributed by atoms with E-state index < -0.39 is 0 Å². The normalized spacial score (nSPS) is 15.1. The molecule has 1 amide bonds. The number of hydrogen-bond donors (Lipinski definition) is 0. The molecular formula is C24H18ClNO2S2. The van der Waals surface area contributed by atoms with E-state index in [1.54, 1.807) is 4.90 Å². The SMILES string of the molecule is O=C1/C(=C\c2ccccc2OCc2ccc(Cl)cc2)SC(=S)N1Cc1ccccc1. The summed E-state index contributed by atoms with van der Waals surface area (Å²) < 4.78 is 6.57. The summed E-state index contributed by atoms with van der Waals surface area (Å²) in [6.07, 6.45) is 1.85. The Morgan fingerprint density at radius 3 is 2.40 bits per heavy atom. The molecule has 6 heteroatoms. The summed E-state index contributed by atoms with van der Waals surface area (Å²) in [6.45, 7) is 0.883. The van der Waals surface area contributed by atoms with Crippen LogP contribution in [0.25, 0.3) is 6.08 Å². The van der Waals surface area contributed by atoms with Gasteiger partial charge >= 0.3 is 0 Å². The van der Waals surface area contributed by atoms with Gasteiger partial charge in [0.1, 0.15) is 16.7 Å². The van der Waals surface area contributed by atoms with Crippen molar-refractivity contribution in [1.29, 1.82) is 0 Å². The van der Waals surface area contributed by atoms with Gasteiger partial charge in [0.2, 0.25) is 0 Å². The van der Waals surface area contributed by atoms with Crippen LogP contribution in [0, 0.1) is 0 Å². The lowest BCUT2D eigenvalue weighted by Crippen LogP contribution is -2.27. The zero-order valence-corrected chi connectivity index (χ0v) is 18.3. The van der Waals surface area contributed by atoms with Crippen LogP contribution in [0.5, 0.6) is 5.75 Å². The molecule has 4 rings (SSSR count). The van der Waals surface area contributed by atoms with Crippen molar-refractivity contribution >= 4 is 51.9 Å². The molecule has 0 unspecified atom stereocenters. The van der Waals surface area contributed by atoms with Gasteiger partial charge in [-0.1, -0.05) is 96.2 Å². The Kier molecular flexibility index (Phi) is 6.53. The first kappa shape index (κ1) is 20.7. The fraction of sp³-hybridized carbons (Fsp3) is 0.0833. The van der Waals surface area contributed by atoms with Crippen molar-refractivity contribution in [2.75, 3.05) is 0 Å². The third kappa shape index (κ3) is 4.93. The molecule has 3 aromatic rings. The molecule has 1 heterocycles. The molecule has 0 bridgehead atoms. The minimum Gasteiger partial charge on any atom is -0.488 e. The summed E-state index contributed by atoms with van der Waals surface area (Å²) in [4.78, 5) is 15.2. The van der Waals surface area contributed by atoms with E-state index in [2.05, 4.69) is 0 Å². The molecule has 0 N–H and O–H groups in total. The van der Waals surface area contributed by atoms with E-state index in [4.69, 9.17) is 28.6 Å². The smallest absolute Gasteiger partial charge is 0.266 e. The first-order chi connectivity index (χ1) is 14.6. The van der Waals surface area contributed by atoms with Crippen molar-refractivity contribution in [2.24, 2.45) is 0 Å². The molecule has 1 aliphatic rings. The Balaban J connectivity index is 1.51. The van der Waals surface area contributed by atoms with Crippen LogP contribution in [0.1, 0.15) is 16.7 Å². The van der Waals surface area contributed by atoms with Crippen LogP contribution in [0.15, 0.2) is 83.8 Å². The number of para-hydroxylation sites is 1. The molecule has 1 aliphatic heterocycles. The van der Waals surface area contributed by atoms with Gasteiger partial charge in [-0.15, -0.1) is 0 Å². The van der Waals surface area contributed by atoms with E-state index in [0.717, 1.165) is 16.7 Å². The van der Waals surface area contributed by atoms with Crippen LogP contribution in [0.4, 0.5) is 0 Å². The molecule has 150 valence electrons. The third-order valence-corrected chi connectivity index (χ3v) is 6.20. The number of carbonyl (C=O) groups is 1. The van der Waals surface area contributed by atoms with E-state index in [1.807, 2.05) is 84.9 Å². The highest BCUT2D eigenvalue weighted by molar-refractivity contribution is 8.26. The Bertz CT molecular complexity index is 1100. The van der Waals surface area contributed by atoms with Crippen molar-refractivity contribution in [3.63, 3.8) is 0 Å². The molecule has 1 fully saturated rings. The molecule has 3 nitrogen and oxygen atoms in total. The van der Waals surface area contributed by atoms with E-state index in [-0.39, 0.29) is 5.91 Å². The molecular weight excluding hydrogens is 434 g/mol. The Hall–Kier alpha value is -2.60. The third-order valence-electron chi connectivity index (χ3n) is 4.57. The number of thioether (sulfide) groups is 1. The van der Waals surface area contributed by atoms with Crippen molar-refractivity contribution in [1.82, 2.24) is 4.90 Å². The largest absolute Gasteiger partial charge is 0.488 e. The molecule has 0 aliphatic carbocycles. The standard InChI is InChI=1S/C24H18ClNO2S2/c25-20-12-10-18(11-13-20)16-28-21-9-5-4-8-19(21)14-22-23(27)26(24(29)30-22)15-17-6-2-1-3-7-17/h1-14H,15-16H2/b22-14+. The van der Waals surface area contributed by atoms with Gasteiger partial charge in [0.05, 0.1) is 11.4 Å². The lowest BCUT2D eigenvalue weighted by Gasteiger charge is -2.14. The predicted molar refractivity (Wildman–Crippen MR) is 127 cm³/mol. The number of nitrogens with zero attached hydrogens (tertiary/aromatic N) is 1. The Morgan fingerprint density at radius 2 is 1.63 bits per heavy atom. The Labute approximate surface area is 190 Å². The van der Waals surface area contributed by atoms with Crippen molar-refractivity contribution in [2.45, 2.75) is 13.2 Å². The second-order valence-electron chi connectivity index (χ2n) is 6.71. The number of rotatable bonds is 6. The summed E-state index contributed by atoms with van der Waals surface area (Å²) >= 11 is 12.7. The number of amides is 1. The first-order valence-corrected chi connectivity index (χ1v) is 11.0. The van der Waals surface area contributed by atoms with Gasteiger partial charge < -0.3 is 4.74 Å². The lowest BCUT2D eigenvalue weighted by molar-refractivity contribution is -0.122. The first-order valence-electron chi connectivity index (χ1n) is 9.36. The van der Waals surface area contributed by atoms with E-state index >= 15 is 0 Å². The zero-order valence-electron chi connectivity index (χ0n) is 16.0. The van der Waals surface area contributed by atoms with Crippen LogP contribution in [0.3, 0.4) is 0 Å². The van der Waals surface area contributed by atoms with Crippen molar-refractivity contribution < 1.29 is 9.53 Å². The molecule has 30 heavy (non-hydrogen) atoms. The monoisotopic (exact) mass is 451 g/mol. The summed E-state index contributed by atoms with van der Waals surface area (Å²) in [6, 6.07) is 25.0. The molecule has 1 saturated heterocycles. The van der Waals surface area contributed by atoms with Gasteiger partial charge in [-0.05, 0) is 35.4 Å². The van der Waals surface area contributed by atoms with Gasteiger partial charge in [-0.2, -0.15) is 0 Å². The number of thiocarbonyl (C=S) groups is 1. The quantitative estimate of drug-likeness (QED) is 0.324. The number of benzene rings is 3. The van der Waals surface area contributed by atoms with Crippen LogP contribution in [0.2, 0.25) is 5.02 Å². The molecule has 0 atom stereocenters. The summed E-state index contributed by atoms with van der Waals surface area (Å²) in [7, 11) is 0. The maximum absolute atomic E-state index is 12.9. The number of carbonyl (C=O) groups excluding carboxylic acids is 1. The average molecular weight is 452 g/mol. The van der Waals surface area contributed by atoms with Crippen LogP contribution < -0.4 is 4.74 Å². The summed E-state index contributed by atoms with van der Waals surface area (Å²) in [5, 5.41) is 0.691. The number of ether oxygens (including phenoxy) is 1. The number of halogens is 1. The topological polar surface area (TPSA) is 29.5 Å². The highest BCUT2D eigenvalue weighted by Gasteiger charge is 2.32. The molecule has 0 aromatic heterocycles. The number of hydrogen-bond acceptors (Lipinski definition) is 4. The second-order valence-corrected chi connectivity index (χ2v) is 8.82. The van der Waals surface area contributed by atoms with E-state index in [9.17, 15) is 4.79 Å². The van der Waals surface area contributed by atoms with E-state index in [0.29, 0.717) is 33.1 Å². The summed E-state index contributed by atoms with van der Waals surface area (Å²) in [5.74, 6) is 0.627. The van der Waals surface area contributed by atoms with E-state index in [1.165, 1.54) is 11.8 Å². The van der Waals surface area contributed by atoms with Crippen molar-refractivity contribution in [3.05, 3.63) is 105 Å². The highest BCUT2D eigenvalue weighted by atomic mass is 35.5. The molecule has 0 radical (unpaired) electrons. The minimum atomic E-state index is -0.0821. The Morgan fingerprint density at radius 1 is 0.933 bits per heavy atom. The lowest BCUT2D eigenvalue weighted by atomic mass is 10.1. The predicted octanol–water partition coefficient (Wildman–Crippen LogP) is 6.32. The maximum atomic E-state index is 12.9. The average Bonchev–Trinajstić information content (AvgIpc) is 3.02. The van der Waals surface area contributed by atoms with Gasteiger partial charge in [0.25, 0.3) is 5.91 Å². The highest BCUT2D eigenvalue weighted by Crippen LogP contribution is 2.35.